The van der Waals surface area contributed by atoms with Gasteiger partial charge in [0.25, 0.3) is 0 Å². The topological polar surface area (TPSA) is 29.9 Å². The molecule has 1 N–H and O–H groups in total. The summed E-state index contributed by atoms with van der Waals surface area (Å²) < 4.78 is 1.83. The number of hydrogen-bond donors (Lipinski definition) is 1. The summed E-state index contributed by atoms with van der Waals surface area (Å²) in [5, 5.41) is 7.52. The first-order valence-corrected chi connectivity index (χ1v) is 3.98. The van der Waals surface area contributed by atoms with Gasteiger partial charge in [0, 0.05) is 19.8 Å². The quantitative estimate of drug-likeness (QED) is 0.788. The second-order valence-corrected chi connectivity index (χ2v) is 2.73. The third kappa shape index (κ3) is 2.74. The minimum Gasteiger partial charge on any atom is -0.382 e. The zero-order chi connectivity index (χ0) is 8.27. The Labute approximate surface area is 79.6 Å². The van der Waals surface area contributed by atoms with Crippen LogP contribution in [0.15, 0.2) is 6.20 Å². The predicted molar refractivity (Wildman–Crippen MR) is 54.0 cm³/mol. The zero-order valence-corrected chi connectivity index (χ0v) is 8.61. The summed E-state index contributed by atoms with van der Waals surface area (Å²) in [5.41, 5.74) is 2.22. The van der Waals surface area contributed by atoms with Crippen molar-refractivity contribution in [1.29, 1.82) is 0 Å². The van der Waals surface area contributed by atoms with E-state index in [1.54, 1.807) is 0 Å². The van der Waals surface area contributed by atoms with Gasteiger partial charge >= 0.3 is 0 Å². The first-order valence-electron chi connectivity index (χ1n) is 3.98. The fraction of sp³-hybridized carbons (Fsp3) is 0.625. The van der Waals surface area contributed by atoms with Crippen molar-refractivity contribution >= 4 is 18.1 Å². The highest BCUT2D eigenvalue weighted by Gasteiger charge is 1.99. The maximum absolute atomic E-state index is 4.22. The van der Waals surface area contributed by atoms with E-state index in [9.17, 15) is 0 Å². The van der Waals surface area contributed by atoms with Crippen LogP contribution < -0.4 is 5.32 Å². The second kappa shape index (κ2) is 5.04. The number of nitrogens with one attached hydrogen (secondary N) is 1. The van der Waals surface area contributed by atoms with Gasteiger partial charge in [-0.1, -0.05) is 6.92 Å². The Balaban J connectivity index is 0.00000121. The van der Waals surface area contributed by atoms with Crippen molar-refractivity contribution in [1.82, 2.24) is 9.78 Å². The van der Waals surface area contributed by atoms with Gasteiger partial charge < -0.3 is 5.32 Å². The molecule has 0 aromatic carbocycles. The summed E-state index contributed by atoms with van der Waals surface area (Å²) >= 11 is 0. The molecular weight excluding hydrogens is 174 g/mol. The number of anilines is 1. The maximum atomic E-state index is 4.22. The summed E-state index contributed by atoms with van der Waals surface area (Å²) in [5.74, 6) is 0. The average Bonchev–Trinajstić information content (AvgIpc) is 2.26. The van der Waals surface area contributed by atoms with Gasteiger partial charge in [-0.05, 0) is 13.3 Å². The maximum Gasteiger partial charge on any atom is 0.0824 e. The second-order valence-electron chi connectivity index (χ2n) is 2.73. The molecule has 0 saturated heterocycles. The van der Waals surface area contributed by atoms with Crippen molar-refractivity contribution in [3.05, 3.63) is 11.9 Å². The molecule has 0 unspecified atom stereocenters. The highest BCUT2D eigenvalue weighted by atomic mass is 35.5. The first-order chi connectivity index (χ1) is 5.24. The molecule has 0 atom stereocenters. The van der Waals surface area contributed by atoms with E-state index in [2.05, 4.69) is 17.3 Å². The summed E-state index contributed by atoms with van der Waals surface area (Å²) in [6.07, 6.45) is 3.15. The molecule has 0 radical (unpaired) electrons. The molecule has 70 valence electrons. The molecule has 1 rings (SSSR count). The molecular formula is C8H16ClN3. The standard InChI is InChI=1S/C8H15N3.ClH/c1-4-5-9-8-6-11(3)10-7(8)2;/h6,9H,4-5H2,1-3H3;1H. The molecule has 0 amide bonds. The van der Waals surface area contributed by atoms with Crippen molar-refractivity contribution in [2.45, 2.75) is 20.3 Å². The average molecular weight is 190 g/mol. The van der Waals surface area contributed by atoms with Crippen LogP contribution in [0.5, 0.6) is 0 Å². The molecule has 0 saturated carbocycles. The van der Waals surface area contributed by atoms with Gasteiger partial charge in [-0.15, -0.1) is 12.4 Å². The Morgan fingerprint density at radius 3 is 2.67 bits per heavy atom. The SMILES string of the molecule is CCCNc1cn(C)nc1C.Cl. The number of aryl methyl sites for hydroxylation is 2. The van der Waals surface area contributed by atoms with Crippen LogP contribution >= 0.6 is 12.4 Å². The van der Waals surface area contributed by atoms with Gasteiger partial charge in [-0.25, -0.2) is 0 Å². The minimum absolute atomic E-state index is 0. The van der Waals surface area contributed by atoms with E-state index < -0.39 is 0 Å². The number of nitrogens with zero attached hydrogens (tertiary/aromatic N) is 2. The van der Waals surface area contributed by atoms with Crippen molar-refractivity contribution < 1.29 is 0 Å². The monoisotopic (exact) mass is 189 g/mol. The number of aromatic nitrogens is 2. The van der Waals surface area contributed by atoms with E-state index in [4.69, 9.17) is 0 Å². The summed E-state index contributed by atoms with van der Waals surface area (Å²) in [4.78, 5) is 0. The molecule has 0 fully saturated rings. The molecule has 0 aliphatic heterocycles. The molecule has 0 aliphatic carbocycles. The molecule has 4 heteroatoms. The van der Waals surface area contributed by atoms with Crippen LogP contribution in [-0.2, 0) is 7.05 Å². The first kappa shape index (κ1) is 11.3. The number of hydrogen-bond acceptors (Lipinski definition) is 2. The minimum atomic E-state index is 0. The Hall–Kier alpha value is -0.700. The third-order valence-electron chi connectivity index (χ3n) is 1.58. The van der Waals surface area contributed by atoms with Gasteiger partial charge in [-0.3, -0.25) is 4.68 Å². The van der Waals surface area contributed by atoms with E-state index in [1.165, 1.54) is 0 Å². The smallest absolute Gasteiger partial charge is 0.0824 e. The number of halogens is 1. The Morgan fingerprint density at radius 2 is 2.25 bits per heavy atom. The van der Waals surface area contributed by atoms with E-state index in [1.807, 2.05) is 24.9 Å². The highest BCUT2D eigenvalue weighted by molar-refractivity contribution is 5.85. The normalized spacial score (nSPS) is 9.25. The Morgan fingerprint density at radius 1 is 1.58 bits per heavy atom. The summed E-state index contributed by atoms with van der Waals surface area (Å²) in [7, 11) is 1.93. The van der Waals surface area contributed by atoms with Gasteiger partial charge in [-0.2, -0.15) is 5.10 Å². The lowest BCUT2D eigenvalue weighted by Crippen LogP contribution is -1.99. The van der Waals surface area contributed by atoms with Crippen LogP contribution in [0.3, 0.4) is 0 Å². The highest BCUT2D eigenvalue weighted by Crippen LogP contribution is 2.10. The Kier molecular flexibility index (Phi) is 4.74. The Bertz CT molecular complexity index is 232. The molecule has 0 aliphatic rings. The van der Waals surface area contributed by atoms with Crippen LogP contribution in [0, 0.1) is 6.92 Å². The van der Waals surface area contributed by atoms with E-state index in [-0.39, 0.29) is 12.4 Å². The van der Waals surface area contributed by atoms with Crippen molar-refractivity contribution in [3.8, 4) is 0 Å². The largest absolute Gasteiger partial charge is 0.382 e. The zero-order valence-electron chi connectivity index (χ0n) is 7.79. The summed E-state index contributed by atoms with van der Waals surface area (Å²) in [6.45, 7) is 5.18. The van der Waals surface area contributed by atoms with E-state index in [0.29, 0.717) is 0 Å². The van der Waals surface area contributed by atoms with Crippen molar-refractivity contribution in [2.24, 2.45) is 7.05 Å². The van der Waals surface area contributed by atoms with Gasteiger partial charge in [0.1, 0.15) is 0 Å². The molecule has 12 heavy (non-hydrogen) atoms. The predicted octanol–water partition coefficient (Wildman–Crippen LogP) is 1.97. The molecule has 1 aromatic rings. The van der Waals surface area contributed by atoms with Crippen molar-refractivity contribution in [2.75, 3.05) is 11.9 Å². The summed E-state index contributed by atoms with van der Waals surface area (Å²) in [6, 6.07) is 0. The number of rotatable bonds is 3. The van der Waals surface area contributed by atoms with Crippen LogP contribution in [0.4, 0.5) is 5.69 Å². The van der Waals surface area contributed by atoms with Crippen LogP contribution in [-0.4, -0.2) is 16.3 Å². The van der Waals surface area contributed by atoms with Gasteiger partial charge in [0.2, 0.25) is 0 Å². The van der Waals surface area contributed by atoms with Crippen molar-refractivity contribution in [3.63, 3.8) is 0 Å². The van der Waals surface area contributed by atoms with E-state index >= 15 is 0 Å². The molecule has 3 nitrogen and oxygen atoms in total. The lowest BCUT2D eigenvalue weighted by molar-refractivity contribution is 0.756. The van der Waals surface area contributed by atoms with Gasteiger partial charge in [0.15, 0.2) is 0 Å². The van der Waals surface area contributed by atoms with Gasteiger partial charge in [0.05, 0.1) is 11.4 Å². The lowest BCUT2D eigenvalue weighted by atomic mass is 10.4. The van der Waals surface area contributed by atoms with E-state index in [0.717, 1.165) is 24.3 Å². The third-order valence-corrected chi connectivity index (χ3v) is 1.58. The molecule has 1 aromatic heterocycles. The van der Waals surface area contributed by atoms with Crippen LogP contribution in [0.2, 0.25) is 0 Å². The molecule has 0 bridgehead atoms. The fourth-order valence-corrected chi connectivity index (χ4v) is 1.03. The fourth-order valence-electron chi connectivity index (χ4n) is 1.03. The lowest BCUT2D eigenvalue weighted by Gasteiger charge is -1.99. The molecule has 0 spiro atoms. The van der Waals surface area contributed by atoms with Crippen LogP contribution in [0.25, 0.3) is 0 Å². The van der Waals surface area contributed by atoms with Crippen LogP contribution in [0.1, 0.15) is 19.0 Å². The molecule has 1 heterocycles.